The lowest BCUT2D eigenvalue weighted by molar-refractivity contribution is -0.0951. The quantitative estimate of drug-likeness (QED) is 0.835. The first-order chi connectivity index (χ1) is 11.3. The van der Waals surface area contributed by atoms with Crippen LogP contribution in [0.3, 0.4) is 0 Å². The van der Waals surface area contributed by atoms with E-state index in [0.717, 1.165) is 45.2 Å². The van der Waals surface area contributed by atoms with Gasteiger partial charge in [-0.25, -0.2) is 0 Å². The van der Waals surface area contributed by atoms with Gasteiger partial charge in [0.05, 0.1) is 20.3 Å². The highest BCUT2D eigenvalue weighted by molar-refractivity contribution is 5.28. The molecular weight excluding hydrogens is 290 g/mol. The summed E-state index contributed by atoms with van der Waals surface area (Å²) in [4.78, 5) is 2.57. The SMILES string of the molecule is COC[C@H]1COCCC12CCN(Cc1cccc(OC)c1)CC2. The van der Waals surface area contributed by atoms with E-state index in [9.17, 15) is 0 Å². The van der Waals surface area contributed by atoms with E-state index in [2.05, 4.69) is 23.1 Å². The van der Waals surface area contributed by atoms with Crippen molar-refractivity contribution in [2.75, 3.05) is 47.1 Å². The van der Waals surface area contributed by atoms with Crippen LogP contribution in [0.5, 0.6) is 5.75 Å². The van der Waals surface area contributed by atoms with Crippen molar-refractivity contribution in [3.63, 3.8) is 0 Å². The predicted molar refractivity (Wildman–Crippen MR) is 90.7 cm³/mol. The van der Waals surface area contributed by atoms with E-state index >= 15 is 0 Å². The number of benzene rings is 1. The van der Waals surface area contributed by atoms with Gasteiger partial charge in [0.15, 0.2) is 0 Å². The second-order valence-electron chi connectivity index (χ2n) is 6.97. The normalized spacial score (nSPS) is 24.7. The van der Waals surface area contributed by atoms with Crippen LogP contribution < -0.4 is 4.74 Å². The summed E-state index contributed by atoms with van der Waals surface area (Å²) < 4.78 is 16.5. The molecule has 0 aromatic heterocycles. The molecule has 4 heteroatoms. The third kappa shape index (κ3) is 3.87. The second kappa shape index (κ2) is 7.65. The highest BCUT2D eigenvalue weighted by atomic mass is 16.5. The number of hydrogen-bond acceptors (Lipinski definition) is 4. The molecule has 0 radical (unpaired) electrons. The minimum absolute atomic E-state index is 0.430. The van der Waals surface area contributed by atoms with E-state index in [4.69, 9.17) is 14.2 Å². The highest BCUT2D eigenvalue weighted by Gasteiger charge is 2.43. The van der Waals surface area contributed by atoms with Crippen molar-refractivity contribution in [3.05, 3.63) is 29.8 Å². The Labute approximate surface area is 139 Å². The summed E-state index contributed by atoms with van der Waals surface area (Å²) in [6.07, 6.45) is 3.71. The first kappa shape index (κ1) is 16.7. The molecule has 128 valence electrons. The van der Waals surface area contributed by atoms with E-state index in [1.807, 2.05) is 6.07 Å². The maximum absolute atomic E-state index is 5.70. The van der Waals surface area contributed by atoms with E-state index in [1.165, 1.54) is 24.8 Å². The Kier molecular flexibility index (Phi) is 5.57. The fourth-order valence-electron chi connectivity index (χ4n) is 4.15. The van der Waals surface area contributed by atoms with Gasteiger partial charge in [-0.1, -0.05) is 12.1 Å². The van der Waals surface area contributed by atoms with Crippen LogP contribution in [-0.4, -0.2) is 52.0 Å². The molecule has 0 saturated carbocycles. The van der Waals surface area contributed by atoms with Gasteiger partial charge in [0.1, 0.15) is 5.75 Å². The Morgan fingerprint density at radius 3 is 2.78 bits per heavy atom. The van der Waals surface area contributed by atoms with Crippen LogP contribution in [0.15, 0.2) is 24.3 Å². The molecule has 2 heterocycles. The lowest BCUT2D eigenvalue weighted by atomic mass is 9.66. The van der Waals surface area contributed by atoms with E-state index in [1.54, 1.807) is 14.2 Å². The summed E-state index contributed by atoms with van der Waals surface area (Å²) in [6.45, 7) is 5.95. The van der Waals surface area contributed by atoms with Gasteiger partial charge in [-0.2, -0.15) is 0 Å². The number of ether oxygens (including phenoxy) is 3. The summed E-state index contributed by atoms with van der Waals surface area (Å²) in [7, 11) is 3.53. The van der Waals surface area contributed by atoms with Gasteiger partial charge in [-0.05, 0) is 55.5 Å². The van der Waals surface area contributed by atoms with E-state index in [0.29, 0.717) is 11.3 Å². The molecule has 0 amide bonds. The molecule has 0 N–H and O–H groups in total. The molecule has 23 heavy (non-hydrogen) atoms. The molecule has 1 aromatic carbocycles. The van der Waals surface area contributed by atoms with Crippen molar-refractivity contribution in [2.45, 2.75) is 25.8 Å². The fraction of sp³-hybridized carbons (Fsp3) is 0.684. The Morgan fingerprint density at radius 2 is 2.04 bits per heavy atom. The van der Waals surface area contributed by atoms with Gasteiger partial charge in [-0.15, -0.1) is 0 Å². The summed E-state index contributed by atoms with van der Waals surface area (Å²) in [5.74, 6) is 1.50. The van der Waals surface area contributed by atoms with Crippen molar-refractivity contribution in [1.82, 2.24) is 4.90 Å². The molecule has 0 bridgehead atoms. The molecule has 2 fully saturated rings. The molecule has 3 rings (SSSR count). The summed E-state index contributed by atoms with van der Waals surface area (Å²) in [5, 5.41) is 0. The lowest BCUT2D eigenvalue weighted by Crippen LogP contribution is -2.49. The molecule has 2 aliphatic rings. The van der Waals surface area contributed by atoms with Crippen LogP contribution in [-0.2, 0) is 16.0 Å². The predicted octanol–water partition coefficient (Wildman–Crippen LogP) is 2.96. The van der Waals surface area contributed by atoms with Crippen molar-refractivity contribution >= 4 is 0 Å². The molecule has 0 aliphatic carbocycles. The number of nitrogens with zero attached hydrogens (tertiary/aromatic N) is 1. The van der Waals surface area contributed by atoms with Gasteiger partial charge >= 0.3 is 0 Å². The fourth-order valence-corrected chi connectivity index (χ4v) is 4.15. The lowest BCUT2D eigenvalue weighted by Gasteiger charge is -2.49. The number of hydrogen-bond donors (Lipinski definition) is 0. The zero-order chi connectivity index (χ0) is 16.1. The molecule has 4 nitrogen and oxygen atoms in total. The summed E-state index contributed by atoms with van der Waals surface area (Å²) in [5.41, 5.74) is 1.76. The van der Waals surface area contributed by atoms with Gasteiger partial charge < -0.3 is 14.2 Å². The standard InChI is InChI=1S/C19H29NO3/c1-21-14-17-15-23-11-8-19(17)6-9-20(10-7-19)13-16-4-3-5-18(12-16)22-2/h3-5,12,17H,6-11,13-15H2,1-2H3/t17-/m0/s1. The van der Waals surface area contributed by atoms with Crippen LogP contribution in [0.2, 0.25) is 0 Å². The second-order valence-corrected chi connectivity index (χ2v) is 6.97. The van der Waals surface area contributed by atoms with Gasteiger partial charge in [-0.3, -0.25) is 4.90 Å². The van der Waals surface area contributed by atoms with Crippen LogP contribution in [0.4, 0.5) is 0 Å². The Balaban J connectivity index is 1.58. The largest absolute Gasteiger partial charge is 0.497 e. The molecule has 1 atom stereocenters. The van der Waals surface area contributed by atoms with Crippen molar-refractivity contribution in [1.29, 1.82) is 0 Å². The number of piperidine rings is 1. The van der Waals surface area contributed by atoms with Crippen molar-refractivity contribution in [2.24, 2.45) is 11.3 Å². The minimum Gasteiger partial charge on any atom is -0.497 e. The van der Waals surface area contributed by atoms with E-state index < -0.39 is 0 Å². The van der Waals surface area contributed by atoms with Crippen molar-refractivity contribution in [3.8, 4) is 5.75 Å². The van der Waals surface area contributed by atoms with Crippen LogP contribution >= 0.6 is 0 Å². The maximum Gasteiger partial charge on any atom is 0.119 e. The number of likely N-dealkylation sites (tertiary alicyclic amines) is 1. The number of rotatable bonds is 5. The third-order valence-electron chi connectivity index (χ3n) is 5.69. The molecule has 1 aromatic rings. The first-order valence-electron chi connectivity index (χ1n) is 8.68. The van der Waals surface area contributed by atoms with Crippen LogP contribution in [0, 0.1) is 11.3 Å². The van der Waals surface area contributed by atoms with Gasteiger partial charge in [0, 0.05) is 26.2 Å². The molecule has 2 saturated heterocycles. The average Bonchev–Trinajstić information content (AvgIpc) is 2.60. The molecular formula is C19H29NO3. The van der Waals surface area contributed by atoms with Crippen molar-refractivity contribution < 1.29 is 14.2 Å². The zero-order valence-corrected chi connectivity index (χ0v) is 14.4. The van der Waals surface area contributed by atoms with Gasteiger partial charge in [0.25, 0.3) is 0 Å². The van der Waals surface area contributed by atoms with E-state index in [-0.39, 0.29) is 0 Å². The van der Waals surface area contributed by atoms with Gasteiger partial charge in [0.2, 0.25) is 0 Å². The molecule has 1 spiro atoms. The topological polar surface area (TPSA) is 30.9 Å². The Hall–Kier alpha value is -1.10. The maximum atomic E-state index is 5.70. The number of methoxy groups -OCH3 is 2. The smallest absolute Gasteiger partial charge is 0.119 e. The Bertz CT molecular complexity index is 495. The monoisotopic (exact) mass is 319 g/mol. The molecule has 2 aliphatic heterocycles. The van der Waals surface area contributed by atoms with Crippen LogP contribution in [0.25, 0.3) is 0 Å². The third-order valence-corrected chi connectivity index (χ3v) is 5.69. The average molecular weight is 319 g/mol. The zero-order valence-electron chi connectivity index (χ0n) is 14.4. The first-order valence-corrected chi connectivity index (χ1v) is 8.68. The molecule has 0 unspecified atom stereocenters. The minimum atomic E-state index is 0.430. The summed E-state index contributed by atoms with van der Waals surface area (Å²) in [6, 6.07) is 8.42. The highest BCUT2D eigenvalue weighted by Crippen LogP contribution is 2.44. The Morgan fingerprint density at radius 1 is 1.22 bits per heavy atom. The van der Waals surface area contributed by atoms with Crippen LogP contribution in [0.1, 0.15) is 24.8 Å². The summed E-state index contributed by atoms with van der Waals surface area (Å²) >= 11 is 0.